The molecule has 5 nitrogen and oxygen atoms in total. The van der Waals surface area contributed by atoms with Crippen LogP contribution in [0.5, 0.6) is 0 Å². The molecule has 0 unspecified atom stereocenters. The number of halogens is 2. The Labute approximate surface area is 176 Å². The first kappa shape index (κ1) is 18.9. The summed E-state index contributed by atoms with van der Waals surface area (Å²) in [6, 6.07) is 8.04. The summed E-state index contributed by atoms with van der Waals surface area (Å²) in [4.78, 5) is 14.4. The first-order chi connectivity index (χ1) is 13.2. The molecule has 1 fully saturated rings. The molecule has 27 heavy (non-hydrogen) atoms. The van der Waals surface area contributed by atoms with Gasteiger partial charge in [0.25, 0.3) is 0 Å². The van der Waals surface area contributed by atoms with Crippen molar-refractivity contribution in [2.24, 2.45) is 5.73 Å². The van der Waals surface area contributed by atoms with Crippen LogP contribution in [0.15, 0.2) is 34.1 Å². The first-order valence-electron chi connectivity index (χ1n) is 9.05. The van der Waals surface area contributed by atoms with Crippen molar-refractivity contribution in [3.05, 3.63) is 44.8 Å². The lowest BCUT2D eigenvalue weighted by Gasteiger charge is -2.36. The second-order valence-corrected chi connectivity index (χ2v) is 8.74. The van der Waals surface area contributed by atoms with E-state index in [9.17, 15) is 0 Å². The van der Waals surface area contributed by atoms with Gasteiger partial charge in [-0.2, -0.15) is 0 Å². The SMILES string of the molecule is NCCCc1nc(N2CCN(c3ccc(Cl)cc3)CC2)nc2c(Br)csc12. The molecular weight excluding hydrogens is 446 g/mol. The van der Waals surface area contributed by atoms with Crippen molar-refractivity contribution in [1.82, 2.24) is 9.97 Å². The Morgan fingerprint density at radius 2 is 1.78 bits per heavy atom. The van der Waals surface area contributed by atoms with E-state index >= 15 is 0 Å². The van der Waals surface area contributed by atoms with Crippen molar-refractivity contribution in [2.75, 3.05) is 42.5 Å². The van der Waals surface area contributed by atoms with Gasteiger partial charge in [-0.25, -0.2) is 9.97 Å². The van der Waals surface area contributed by atoms with Crippen molar-refractivity contribution in [3.63, 3.8) is 0 Å². The van der Waals surface area contributed by atoms with Crippen LogP contribution in [0.25, 0.3) is 10.2 Å². The number of aromatic nitrogens is 2. The molecule has 8 heteroatoms. The minimum atomic E-state index is 0.674. The summed E-state index contributed by atoms with van der Waals surface area (Å²) in [6.45, 7) is 4.34. The summed E-state index contributed by atoms with van der Waals surface area (Å²) in [5, 5.41) is 2.86. The predicted molar refractivity (Wildman–Crippen MR) is 118 cm³/mol. The van der Waals surface area contributed by atoms with E-state index in [1.54, 1.807) is 11.3 Å². The van der Waals surface area contributed by atoms with Crippen molar-refractivity contribution >= 4 is 60.7 Å². The Morgan fingerprint density at radius 3 is 2.48 bits per heavy atom. The molecule has 1 aliphatic rings. The normalized spacial score (nSPS) is 14.9. The zero-order chi connectivity index (χ0) is 18.8. The average Bonchev–Trinajstić information content (AvgIpc) is 3.08. The fourth-order valence-electron chi connectivity index (χ4n) is 3.33. The van der Waals surface area contributed by atoms with Gasteiger partial charge in [-0.1, -0.05) is 11.6 Å². The molecule has 0 aliphatic carbocycles. The third-order valence-electron chi connectivity index (χ3n) is 4.80. The number of fused-ring (bicyclic) bond motifs is 1. The highest BCUT2D eigenvalue weighted by atomic mass is 79.9. The van der Waals surface area contributed by atoms with Crippen LogP contribution in [0.2, 0.25) is 5.02 Å². The van der Waals surface area contributed by atoms with Crippen molar-refractivity contribution in [2.45, 2.75) is 12.8 Å². The molecular formula is C19H21BrClN5S. The summed E-state index contributed by atoms with van der Waals surface area (Å²) in [5.74, 6) is 0.823. The van der Waals surface area contributed by atoms with Crippen LogP contribution in [0.4, 0.5) is 11.6 Å². The van der Waals surface area contributed by atoms with Gasteiger partial charge >= 0.3 is 0 Å². The van der Waals surface area contributed by atoms with Gasteiger partial charge in [-0.3, -0.25) is 0 Å². The largest absolute Gasteiger partial charge is 0.368 e. The van der Waals surface area contributed by atoms with Crippen molar-refractivity contribution < 1.29 is 0 Å². The Balaban J connectivity index is 1.54. The number of nitrogens with zero attached hydrogens (tertiary/aromatic N) is 4. The highest BCUT2D eigenvalue weighted by Crippen LogP contribution is 2.33. The summed E-state index contributed by atoms with van der Waals surface area (Å²) in [5.41, 5.74) is 9.04. The Hall–Kier alpha value is -1.41. The molecule has 1 aliphatic heterocycles. The van der Waals surface area contributed by atoms with E-state index in [0.29, 0.717) is 6.54 Å². The number of rotatable bonds is 5. The van der Waals surface area contributed by atoms with E-state index in [2.05, 4.69) is 43.2 Å². The van der Waals surface area contributed by atoms with E-state index in [1.165, 1.54) is 10.4 Å². The first-order valence-corrected chi connectivity index (χ1v) is 11.1. The average molecular weight is 467 g/mol. The molecule has 3 heterocycles. The molecule has 4 rings (SSSR count). The van der Waals surface area contributed by atoms with Crippen molar-refractivity contribution in [1.29, 1.82) is 0 Å². The molecule has 2 N–H and O–H groups in total. The van der Waals surface area contributed by atoms with E-state index in [0.717, 1.165) is 65.7 Å². The third-order valence-corrected chi connectivity index (χ3v) is 6.98. The molecule has 0 amide bonds. The van der Waals surface area contributed by atoms with Gasteiger partial charge in [-0.15, -0.1) is 11.3 Å². The maximum Gasteiger partial charge on any atom is 0.226 e. The molecule has 0 saturated carbocycles. The lowest BCUT2D eigenvalue weighted by Crippen LogP contribution is -2.47. The fourth-order valence-corrected chi connectivity index (χ4v) is 5.04. The number of aryl methyl sites for hydroxylation is 1. The topological polar surface area (TPSA) is 58.3 Å². The van der Waals surface area contributed by atoms with Crippen LogP contribution < -0.4 is 15.5 Å². The zero-order valence-corrected chi connectivity index (χ0v) is 18.0. The van der Waals surface area contributed by atoms with E-state index in [-0.39, 0.29) is 0 Å². The second kappa shape index (κ2) is 8.31. The van der Waals surface area contributed by atoms with Crippen LogP contribution in [0.3, 0.4) is 0 Å². The van der Waals surface area contributed by atoms with Gasteiger partial charge in [-0.05, 0) is 59.6 Å². The predicted octanol–water partition coefficient (Wildman–Crippen LogP) is 4.33. The van der Waals surface area contributed by atoms with E-state index in [4.69, 9.17) is 27.3 Å². The van der Waals surface area contributed by atoms with Gasteiger partial charge < -0.3 is 15.5 Å². The number of piperazine rings is 1. The molecule has 0 spiro atoms. The lowest BCUT2D eigenvalue weighted by molar-refractivity contribution is 0.639. The minimum Gasteiger partial charge on any atom is -0.368 e. The summed E-state index contributed by atoms with van der Waals surface area (Å²) in [6.07, 6.45) is 1.83. The Bertz CT molecular complexity index is 922. The molecule has 0 atom stereocenters. The molecule has 1 aromatic carbocycles. The number of thiophene rings is 1. The van der Waals surface area contributed by atoms with Crippen LogP contribution in [-0.4, -0.2) is 42.7 Å². The zero-order valence-electron chi connectivity index (χ0n) is 14.9. The molecule has 0 bridgehead atoms. The van der Waals surface area contributed by atoms with E-state index in [1.807, 2.05) is 12.1 Å². The monoisotopic (exact) mass is 465 g/mol. The number of anilines is 2. The van der Waals surface area contributed by atoms with Gasteiger partial charge in [0.05, 0.1) is 14.9 Å². The van der Waals surface area contributed by atoms with Crippen LogP contribution >= 0.6 is 38.9 Å². The smallest absolute Gasteiger partial charge is 0.226 e. The Morgan fingerprint density at radius 1 is 1.07 bits per heavy atom. The van der Waals surface area contributed by atoms with Gasteiger partial charge in [0.15, 0.2) is 0 Å². The highest BCUT2D eigenvalue weighted by molar-refractivity contribution is 9.10. The third kappa shape index (κ3) is 4.06. The van der Waals surface area contributed by atoms with Crippen LogP contribution in [-0.2, 0) is 6.42 Å². The quantitative estimate of drug-likeness (QED) is 0.607. The number of benzene rings is 1. The maximum absolute atomic E-state index is 6.00. The lowest BCUT2D eigenvalue weighted by atomic mass is 10.2. The Kier molecular flexibility index (Phi) is 5.82. The van der Waals surface area contributed by atoms with Gasteiger partial charge in [0.1, 0.15) is 5.52 Å². The number of hydrogen-bond donors (Lipinski definition) is 1. The second-order valence-electron chi connectivity index (χ2n) is 6.57. The van der Waals surface area contributed by atoms with Crippen LogP contribution in [0, 0.1) is 0 Å². The molecule has 0 radical (unpaired) electrons. The maximum atomic E-state index is 6.00. The summed E-state index contributed by atoms with van der Waals surface area (Å²) in [7, 11) is 0. The number of hydrogen-bond acceptors (Lipinski definition) is 6. The summed E-state index contributed by atoms with van der Waals surface area (Å²) >= 11 is 11.3. The van der Waals surface area contributed by atoms with Gasteiger partial charge in [0.2, 0.25) is 5.95 Å². The molecule has 2 aromatic heterocycles. The van der Waals surface area contributed by atoms with Crippen LogP contribution in [0.1, 0.15) is 12.1 Å². The molecule has 3 aromatic rings. The fraction of sp³-hybridized carbons (Fsp3) is 0.368. The highest BCUT2D eigenvalue weighted by Gasteiger charge is 2.21. The van der Waals surface area contributed by atoms with E-state index < -0.39 is 0 Å². The molecule has 1 saturated heterocycles. The molecule has 142 valence electrons. The standard InChI is InChI=1S/C19H21BrClN5S/c20-15-12-27-18-16(2-1-7-22)23-19(24-17(15)18)26-10-8-25(9-11-26)14-5-3-13(21)4-6-14/h3-6,12H,1-2,7-11,22H2. The number of nitrogens with two attached hydrogens (primary N) is 1. The van der Waals surface area contributed by atoms with Crippen molar-refractivity contribution in [3.8, 4) is 0 Å². The summed E-state index contributed by atoms with van der Waals surface area (Å²) < 4.78 is 2.21. The van der Waals surface area contributed by atoms with Gasteiger partial charge in [0, 0.05) is 42.3 Å². The minimum absolute atomic E-state index is 0.674.